The Morgan fingerprint density at radius 2 is 1.85 bits per heavy atom. The summed E-state index contributed by atoms with van der Waals surface area (Å²) in [6.07, 6.45) is 0.622. The Morgan fingerprint density at radius 3 is 2.60 bits per heavy atom. The Morgan fingerprint density at radius 1 is 1.15 bits per heavy atom. The lowest BCUT2D eigenvalue weighted by molar-refractivity contribution is 0.0321. The topological polar surface area (TPSA) is 26.3 Å². The van der Waals surface area contributed by atoms with Gasteiger partial charge in [0.15, 0.2) is 0 Å². The van der Waals surface area contributed by atoms with Gasteiger partial charge in [-0.2, -0.15) is 0 Å². The van der Waals surface area contributed by atoms with Crippen molar-refractivity contribution in [2.45, 2.75) is 17.4 Å². The zero-order valence-corrected chi connectivity index (χ0v) is 14.3. The van der Waals surface area contributed by atoms with Gasteiger partial charge in [-0.05, 0) is 45.9 Å². The highest BCUT2D eigenvalue weighted by Crippen LogP contribution is 2.39. The number of carbonyl (C=O) groups is 1. The summed E-state index contributed by atoms with van der Waals surface area (Å²) in [6, 6.07) is 15.7. The van der Waals surface area contributed by atoms with E-state index in [9.17, 15) is 4.79 Å². The molecule has 0 spiro atoms. The van der Waals surface area contributed by atoms with Crippen LogP contribution in [0.4, 0.5) is 0 Å². The van der Waals surface area contributed by atoms with Crippen LogP contribution < -0.4 is 0 Å². The fourth-order valence-electron chi connectivity index (χ4n) is 2.44. The maximum Gasteiger partial charge on any atom is 0.339 e. The van der Waals surface area contributed by atoms with E-state index in [-0.39, 0.29) is 16.9 Å². The van der Waals surface area contributed by atoms with Crippen molar-refractivity contribution in [2.75, 3.05) is 0 Å². The average Bonchev–Trinajstić information content (AvgIpc) is 2.76. The molecule has 0 bridgehead atoms. The molecule has 0 amide bonds. The predicted molar refractivity (Wildman–Crippen MR) is 90.2 cm³/mol. The highest BCUT2D eigenvalue weighted by atomic mass is 127. The van der Waals surface area contributed by atoms with Gasteiger partial charge in [-0.3, -0.25) is 0 Å². The molecule has 0 N–H and O–H groups in total. The van der Waals surface area contributed by atoms with Crippen molar-refractivity contribution in [1.82, 2.24) is 0 Å². The Balaban J connectivity index is 1.78. The van der Waals surface area contributed by atoms with E-state index < -0.39 is 0 Å². The molecular weight excluding hydrogens is 431 g/mol. The van der Waals surface area contributed by atoms with Crippen LogP contribution in [-0.4, -0.2) is 12.1 Å². The van der Waals surface area contributed by atoms with Gasteiger partial charge >= 0.3 is 5.97 Å². The van der Waals surface area contributed by atoms with Crippen molar-refractivity contribution < 1.29 is 9.53 Å². The van der Waals surface area contributed by atoms with Crippen molar-refractivity contribution in [1.29, 1.82) is 0 Å². The van der Waals surface area contributed by atoms with E-state index >= 15 is 0 Å². The third-order valence-corrected chi connectivity index (χ3v) is 5.48. The van der Waals surface area contributed by atoms with Gasteiger partial charge < -0.3 is 4.74 Å². The Labute approximate surface area is 139 Å². The van der Waals surface area contributed by atoms with Gasteiger partial charge in [0.2, 0.25) is 0 Å². The Hall–Kier alpha value is -0.880. The molecule has 4 heteroatoms. The van der Waals surface area contributed by atoms with Gasteiger partial charge in [0, 0.05) is 9.99 Å². The zero-order chi connectivity index (χ0) is 14.1. The molecule has 1 aliphatic rings. The van der Waals surface area contributed by atoms with E-state index in [1.807, 2.05) is 30.3 Å². The van der Waals surface area contributed by atoms with Crippen LogP contribution in [0.2, 0.25) is 0 Å². The Bertz CT molecular complexity index is 656. The smallest absolute Gasteiger partial charge is 0.339 e. The van der Waals surface area contributed by atoms with Crippen LogP contribution in [0, 0.1) is 3.57 Å². The molecule has 1 aliphatic carbocycles. The number of fused-ring (bicyclic) bond motifs is 1. The number of rotatable bonds is 2. The van der Waals surface area contributed by atoms with Gasteiger partial charge in [0.1, 0.15) is 6.10 Å². The van der Waals surface area contributed by atoms with Crippen LogP contribution >= 0.6 is 38.5 Å². The summed E-state index contributed by atoms with van der Waals surface area (Å²) in [5, 5.41) is 0. The molecule has 102 valence electrons. The number of halogens is 2. The molecule has 0 fully saturated rings. The number of esters is 1. The van der Waals surface area contributed by atoms with Crippen LogP contribution in [0.15, 0.2) is 48.5 Å². The number of hydrogen-bond acceptors (Lipinski definition) is 2. The monoisotopic (exact) mass is 442 g/mol. The quantitative estimate of drug-likeness (QED) is 0.388. The van der Waals surface area contributed by atoms with E-state index in [0.29, 0.717) is 5.56 Å². The SMILES string of the molecule is O=C(OC1Cc2ccccc2[C@H]1Br)c1ccccc1I. The first-order chi connectivity index (χ1) is 9.66. The van der Waals surface area contributed by atoms with Crippen molar-refractivity contribution >= 4 is 44.5 Å². The van der Waals surface area contributed by atoms with Crippen LogP contribution in [0.3, 0.4) is 0 Å². The van der Waals surface area contributed by atoms with Gasteiger partial charge in [-0.15, -0.1) is 0 Å². The molecule has 0 radical (unpaired) electrons. The molecule has 20 heavy (non-hydrogen) atoms. The van der Waals surface area contributed by atoms with Crippen LogP contribution in [0.5, 0.6) is 0 Å². The fourth-order valence-corrected chi connectivity index (χ4v) is 3.79. The summed E-state index contributed by atoms with van der Waals surface area (Å²) < 4.78 is 6.60. The summed E-state index contributed by atoms with van der Waals surface area (Å²) in [5.74, 6) is -0.253. The molecule has 2 aromatic carbocycles. The Kier molecular flexibility index (Phi) is 4.12. The van der Waals surface area contributed by atoms with Gasteiger partial charge in [0.25, 0.3) is 0 Å². The lowest BCUT2D eigenvalue weighted by atomic mass is 10.1. The average molecular weight is 443 g/mol. The summed E-state index contributed by atoms with van der Waals surface area (Å²) in [4.78, 5) is 12.3. The third kappa shape index (κ3) is 2.63. The first kappa shape index (κ1) is 14.1. The molecule has 3 rings (SSSR count). The molecule has 2 nitrogen and oxygen atoms in total. The number of hydrogen-bond donors (Lipinski definition) is 0. The van der Waals surface area contributed by atoms with E-state index in [1.54, 1.807) is 6.07 Å². The third-order valence-electron chi connectivity index (χ3n) is 3.45. The second-order valence-corrected chi connectivity index (χ2v) is 6.88. The molecule has 2 atom stereocenters. The number of carbonyl (C=O) groups excluding carboxylic acids is 1. The number of ether oxygens (including phenoxy) is 1. The van der Waals surface area contributed by atoms with E-state index in [1.165, 1.54) is 11.1 Å². The predicted octanol–water partition coefficient (Wildman–Crippen LogP) is 4.51. The molecular formula is C16H12BrIO2. The minimum atomic E-state index is -0.253. The summed E-state index contributed by atoms with van der Waals surface area (Å²) in [6.45, 7) is 0. The van der Waals surface area contributed by atoms with Crippen molar-refractivity contribution in [3.63, 3.8) is 0 Å². The van der Waals surface area contributed by atoms with E-state index in [4.69, 9.17) is 4.74 Å². The molecule has 2 aromatic rings. The molecule has 0 heterocycles. The van der Waals surface area contributed by atoms with E-state index in [2.05, 4.69) is 50.7 Å². The number of alkyl halides is 1. The second-order valence-electron chi connectivity index (χ2n) is 4.73. The number of benzene rings is 2. The lowest BCUT2D eigenvalue weighted by Crippen LogP contribution is -2.20. The van der Waals surface area contributed by atoms with E-state index in [0.717, 1.165) is 9.99 Å². The fraction of sp³-hybridized carbons (Fsp3) is 0.188. The second kappa shape index (κ2) is 5.85. The lowest BCUT2D eigenvalue weighted by Gasteiger charge is -2.16. The van der Waals surface area contributed by atoms with Gasteiger partial charge in [-0.25, -0.2) is 4.79 Å². The minimum absolute atomic E-state index is 0.0732. The highest BCUT2D eigenvalue weighted by Gasteiger charge is 2.33. The first-order valence-corrected chi connectivity index (χ1v) is 8.33. The summed E-state index contributed by atoms with van der Waals surface area (Å²) >= 11 is 5.80. The largest absolute Gasteiger partial charge is 0.457 e. The molecule has 0 saturated carbocycles. The molecule has 0 saturated heterocycles. The van der Waals surface area contributed by atoms with Crippen LogP contribution in [0.1, 0.15) is 26.3 Å². The van der Waals surface area contributed by atoms with Crippen LogP contribution in [-0.2, 0) is 11.2 Å². The van der Waals surface area contributed by atoms with Crippen molar-refractivity contribution in [3.05, 3.63) is 68.8 Å². The summed E-state index contributed by atoms with van der Waals surface area (Å²) in [5.41, 5.74) is 3.09. The van der Waals surface area contributed by atoms with Gasteiger partial charge in [-0.1, -0.05) is 52.3 Å². The standard InChI is InChI=1S/C16H12BrIO2/c17-15-11-6-2-1-5-10(11)9-14(15)20-16(19)12-7-3-4-8-13(12)18/h1-8,14-15H,9H2/t14?,15-/m1/s1. The summed E-state index contributed by atoms with van der Waals surface area (Å²) in [7, 11) is 0. The minimum Gasteiger partial charge on any atom is -0.457 e. The van der Waals surface area contributed by atoms with Gasteiger partial charge in [0.05, 0.1) is 10.4 Å². The molecule has 0 aromatic heterocycles. The maximum atomic E-state index is 12.3. The first-order valence-electron chi connectivity index (χ1n) is 6.34. The molecule has 0 aliphatic heterocycles. The zero-order valence-electron chi connectivity index (χ0n) is 10.6. The van der Waals surface area contributed by atoms with Crippen molar-refractivity contribution in [3.8, 4) is 0 Å². The highest BCUT2D eigenvalue weighted by molar-refractivity contribution is 14.1. The van der Waals surface area contributed by atoms with Crippen molar-refractivity contribution in [2.24, 2.45) is 0 Å². The normalized spacial score (nSPS) is 20.5. The maximum absolute atomic E-state index is 12.3. The van der Waals surface area contributed by atoms with Crippen LogP contribution in [0.25, 0.3) is 0 Å². The molecule has 1 unspecified atom stereocenters.